The highest BCUT2D eigenvalue weighted by atomic mass is 79.9. The maximum Gasteiger partial charge on any atom is 0.175 e. The van der Waals surface area contributed by atoms with Crippen LogP contribution in [0.1, 0.15) is 5.56 Å². The molecule has 20 heavy (non-hydrogen) atoms. The van der Waals surface area contributed by atoms with Gasteiger partial charge in [0.1, 0.15) is 12.4 Å². The smallest absolute Gasteiger partial charge is 0.175 e. The topological polar surface area (TPSA) is 69.4 Å². The predicted molar refractivity (Wildman–Crippen MR) is 82.4 cm³/mol. The van der Waals surface area contributed by atoms with Crippen LogP contribution < -0.4 is 10.5 Å². The average Bonchev–Trinajstić information content (AvgIpc) is 2.40. The minimum Gasteiger partial charge on any atom is -0.489 e. The standard InChI is InChI=1S/C14H14BrNO3S/c1-20(17,18)12-7-5-11(6-8-12)19-9-10-3-2-4-13(16)14(10)15/h2-8H,9,16H2,1H3. The number of hydrogen-bond donors (Lipinski definition) is 1. The van der Waals surface area contributed by atoms with E-state index in [-0.39, 0.29) is 4.90 Å². The molecule has 4 nitrogen and oxygen atoms in total. The number of nitrogens with two attached hydrogens (primary N) is 1. The Balaban J connectivity index is 2.10. The summed E-state index contributed by atoms with van der Waals surface area (Å²) in [5.41, 5.74) is 7.37. The van der Waals surface area contributed by atoms with Gasteiger partial charge in [-0.1, -0.05) is 12.1 Å². The van der Waals surface area contributed by atoms with E-state index in [0.717, 1.165) is 10.0 Å². The molecule has 0 saturated heterocycles. The SMILES string of the molecule is CS(=O)(=O)c1ccc(OCc2cccc(N)c2Br)cc1. The van der Waals surface area contributed by atoms with Gasteiger partial charge in [-0.2, -0.15) is 0 Å². The van der Waals surface area contributed by atoms with Crippen molar-refractivity contribution in [1.29, 1.82) is 0 Å². The molecule has 0 aliphatic heterocycles. The van der Waals surface area contributed by atoms with E-state index in [2.05, 4.69) is 15.9 Å². The molecule has 0 aromatic heterocycles. The fourth-order valence-electron chi connectivity index (χ4n) is 1.66. The van der Waals surface area contributed by atoms with Crippen molar-refractivity contribution in [3.8, 4) is 5.75 Å². The first-order valence-corrected chi connectivity index (χ1v) is 8.52. The Bertz CT molecular complexity index is 712. The van der Waals surface area contributed by atoms with Gasteiger partial charge in [0.05, 0.1) is 4.90 Å². The second kappa shape index (κ2) is 5.85. The molecule has 6 heteroatoms. The third-order valence-electron chi connectivity index (χ3n) is 2.75. The van der Waals surface area contributed by atoms with Crippen LogP contribution in [0.25, 0.3) is 0 Å². The zero-order valence-electron chi connectivity index (χ0n) is 10.8. The van der Waals surface area contributed by atoms with Crippen molar-refractivity contribution in [2.24, 2.45) is 0 Å². The third-order valence-corrected chi connectivity index (χ3v) is 4.85. The Kier molecular flexibility index (Phi) is 4.35. The summed E-state index contributed by atoms with van der Waals surface area (Å²) in [5.74, 6) is 0.603. The third kappa shape index (κ3) is 3.52. The van der Waals surface area contributed by atoms with Crippen molar-refractivity contribution in [2.75, 3.05) is 12.0 Å². The summed E-state index contributed by atoms with van der Waals surface area (Å²) in [5, 5.41) is 0. The molecule has 2 aromatic carbocycles. The van der Waals surface area contributed by atoms with Crippen LogP contribution in [0.2, 0.25) is 0 Å². The maximum atomic E-state index is 11.3. The van der Waals surface area contributed by atoms with Crippen molar-refractivity contribution < 1.29 is 13.2 Å². The van der Waals surface area contributed by atoms with E-state index >= 15 is 0 Å². The molecule has 0 aliphatic rings. The lowest BCUT2D eigenvalue weighted by Gasteiger charge is -2.09. The second-order valence-corrected chi connectivity index (χ2v) is 7.16. The summed E-state index contributed by atoms with van der Waals surface area (Å²) >= 11 is 3.41. The van der Waals surface area contributed by atoms with E-state index < -0.39 is 9.84 Å². The number of ether oxygens (including phenoxy) is 1. The first-order valence-electron chi connectivity index (χ1n) is 5.84. The lowest BCUT2D eigenvalue weighted by Crippen LogP contribution is -2.00. The molecular formula is C14H14BrNO3S. The Morgan fingerprint density at radius 3 is 2.40 bits per heavy atom. The summed E-state index contributed by atoms with van der Waals surface area (Å²) in [6.07, 6.45) is 1.17. The fourth-order valence-corrected chi connectivity index (χ4v) is 2.66. The average molecular weight is 356 g/mol. The molecule has 0 spiro atoms. The normalized spacial score (nSPS) is 11.3. The fraction of sp³-hybridized carbons (Fsp3) is 0.143. The lowest BCUT2D eigenvalue weighted by atomic mass is 10.2. The Morgan fingerprint density at radius 1 is 1.15 bits per heavy atom. The van der Waals surface area contributed by atoms with Crippen LogP contribution in [0.4, 0.5) is 5.69 Å². The first kappa shape index (κ1) is 14.9. The Morgan fingerprint density at radius 2 is 1.80 bits per heavy atom. The molecule has 106 valence electrons. The largest absolute Gasteiger partial charge is 0.489 e. The van der Waals surface area contributed by atoms with Gasteiger partial charge in [-0.25, -0.2) is 8.42 Å². The second-order valence-electron chi connectivity index (χ2n) is 4.35. The molecule has 2 rings (SSSR count). The number of benzene rings is 2. The van der Waals surface area contributed by atoms with E-state index in [0.29, 0.717) is 18.0 Å². The molecule has 0 saturated carbocycles. The van der Waals surface area contributed by atoms with Crippen LogP contribution >= 0.6 is 15.9 Å². The summed E-state index contributed by atoms with van der Waals surface area (Å²) in [6, 6.07) is 11.9. The van der Waals surface area contributed by atoms with E-state index in [1.165, 1.54) is 18.4 Å². The highest BCUT2D eigenvalue weighted by Crippen LogP contribution is 2.25. The number of halogens is 1. The molecule has 0 amide bonds. The number of nitrogen functional groups attached to an aromatic ring is 1. The van der Waals surface area contributed by atoms with E-state index in [4.69, 9.17) is 10.5 Å². The van der Waals surface area contributed by atoms with Crippen molar-refractivity contribution in [1.82, 2.24) is 0 Å². The van der Waals surface area contributed by atoms with Crippen LogP contribution in [0.3, 0.4) is 0 Å². The molecule has 2 aromatic rings. The van der Waals surface area contributed by atoms with Crippen molar-refractivity contribution in [3.05, 3.63) is 52.5 Å². The molecular weight excluding hydrogens is 342 g/mol. The molecule has 0 heterocycles. The molecule has 0 unspecified atom stereocenters. The van der Waals surface area contributed by atoms with E-state index in [1.807, 2.05) is 12.1 Å². The minimum atomic E-state index is -3.18. The molecule has 2 N–H and O–H groups in total. The maximum absolute atomic E-state index is 11.3. The summed E-state index contributed by atoms with van der Waals surface area (Å²) in [7, 11) is -3.18. The molecule has 0 fully saturated rings. The van der Waals surface area contributed by atoms with Gasteiger partial charge in [0.2, 0.25) is 0 Å². The van der Waals surface area contributed by atoms with Crippen molar-refractivity contribution >= 4 is 31.5 Å². The summed E-state index contributed by atoms with van der Waals surface area (Å²) in [4.78, 5) is 0.273. The molecule has 0 radical (unpaired) electrons. The van der Waals surface area contributed by atoms with Crippen LogP contribution in [-0.2, 0) is 16.4 Å². The van der Waals surface area contributed by atoms with Gasteiger partial charge in [0, 0.05) is 22.0 Å². The predicted octanol–water partition coefficient (Wildman–Crippen LogP) is 3.01. The lowest BCUT2D eigenvalue weighted by molar-refractivity contribution is 0.305. The molecule has 0 aliphatic carbocycles. The van der Waals surface area contributed by atoms with Crippen LogP contribution in [-0.4, -0.2) is 14.7 Å². The van der Waals surface area contributed by atoms with Gasteiger partial charge < -0.3 is 10.5 Å². The minimum absolute atomic E-state index is 0.273. The number of anilines is 1. The van der Waals surface area contributed by atoms with Gasteiger partial charge in [-0.3, -0.25) is 0 Å². The van der Waals surface area contributed by atoms with E-state index in [1.54, 1.807) is 18.2 Å². The number of rotatable bonds is 4. The zero-order chi connectivity index (χ0) is 14.8. The monoisotopic (exact) mass is 355 g/mol. The number of hydrogen-bond acceptors (Lipinski definition) is 4. The quantitative estimate of drug-likeness (QED) is 0.855. The van der Waals surface area contributed by atoms with Crippen LogP contribution in [0.5, 0.6) is 5.75 Å². The van der Waals surface area contributed by atoms with Crippen molar-refractivity contribution in [3.63, 3.8) is 0 Å². The van der Waals surface area contributed by atoms with E-state index in [9.17, 15) is 8.42 Å². The Hall–Kier alpha value is -1.53. The zero-order valence-corrected chi connectivity index (χ0v) is 13.2. The van der Waals surface area contributed by atoms with Crippen LogP contribution in [0, 0.1) is 0 Å². The van der Waals surface area contributed by atoms with Gasteiger partial charge in [0.25, 0.3) is 0 Å². The summed E-state index contributed by atoms with van der Waals surface area (Å²) in [6.45, 7) is 0.351. The van der Waals surface area contributed by atoms with Gasteiger partial charge in [-0.05, 0) is 46.3 Å². The van der Waals surface area contributed by atoms with Crippen molar-refractivity contribution in [2.45, 2.75) is 11.5 Å². The number of sulfone groups is 1. The highest BCUT2D eigenvalue weighted by Gasteiger charge is 2.07. The Labute approximate surface area is 126 Å². The van der Waals surface area contributed by atoms with Crippen LogP contribution in [0.15, 0.2) is 51.8 Å². The first-order chi connectivity index (χ1) is 9.38. The summed E-state index contributed by atoms with van der Waals surface area (Å²) < 4.78 is 29.1. The van der Waals surface area contributed by atoms with Gasteiger partial charge in [0.15, 0.2) is 9.84 Å². The molecule has 0 bridgehead atoms. The van der Waals surface area contributed by atoms with Gasteiger partial charge in [-0.15, -0.1) is 0 Å². The molecule has 0 atom stereocenters. The van der Waals surface area contributed by atoms with Gasteiger partial charge >= 0.3 is 0 Å². The highest BCUT2D eigenvalue weighted by molar-refractivity contribution is 9.10.